The van der Waals surface area contributed by atoms with Crippen LogP contribution in [0.15, 0.2) is 24.0 Å². The molecule has 0 aromatic carbocycles. The molecule has 1 rings (SSSR count). The molecule has 3 nitrogen and oxygen atoms in total. The van der Waals surface area contributed by atoms with E-state index < -0.39 is 11.6 Å². The first-order valence-electron chi connectivity index (χ1n) is 4.67. The molecule has 78 valence electrons. The molecule has 0 aromatic heterocycles. The minimum atomic E-state index is -0.943. The average Bonchev–Trinajstić information content (AvgIpc) is 2.10. The fourth-order valence-corrected chi connectivity index (χ4v) is 1.48. The molecule has 1 heterocycles. The van der Waals surface area contributed by atoms with E-state index in [1.165, 1.54) is 5.57 Å². The second-order valence-corrected chi connectivity index (χ2v) is 4.12. The Labute approximate surface area is 84.1 Å². The van der Waals surface area contributed by atoms with Crippen molar-refractivity contribution in [2.75, 3.05) is 0 Å². The Bertz CT molecular complexity index is 291. The molecule has 1 atom stereocenters. The van der Waals surface area contributed by atoms with Crippen molar-refractivity contribution in [2.45, 2.75) is 38.7 Å². The third-order valence-corrected chi connectivity index (χ3v) is 2.48. The monoisotopic (exact) mass is 196 g/mol. The second-order valence-electron chi connectivity index (χ2n) is 4.12. The number of carbonyl (C=O) groups is 1. The van der Waals surface area contributed by atoms with Crippen LogP contribution in [0.5, 0.6) is 0 Å². The quantitative estimate of drug-likeness (QED) is 0.705. The Morgan fingerprint density at radius 3 is 2.86 bits per heavy atom. The van der Waals surface area contributed by atoms with E-state index in [-0.39, 0.29) is 5.57 Å². The molecular formula is C11H16O3. The number of ether oxygens (including phenoxy) is 1. The van der Waals surface area contributed by atoms with Gasteiger partial charge in [0.05, 0.1) is 6.26 Å². The van der Waals surface area contributed by atoms with Gasteiger partial charge in [0, 0.05) is 12.0 Å². The van der Waals surface area contributed by atoms with Crippen molar-refractivity contribution >= 4 is 5.97 Å². The van der Waals surface area contributed by atoms with Gasteiger partial charge in [-0.1, -0.05) is 6.58 Å². The molecular weight excluding hydrogens is 180 g/mol. The van der Waals surface area contributed by atoms with Gasteiger partial charge >= 0.3 is 5.97 Å². The highest BCUT2D eigenvalue weighted by molar-refractivity contribution is 5.85. The maximum atomic E-state index is 10.6. The van der Waals surface area contributed by atoms with E-state index in [9.17, 15) is 4.79 Å². The minimum Gasteiger partial charge on any atom is -0.495 e. The number of hydrogen-bond donors (Lipinski definition) is 1. The molecule has 1 unspecified atom stereocenters. The van der Waals surface area contributed by atoms with Gasteiger partial charge in [0.2, 0.25) is 0 Å². The van der Waals surface area contributed by atoms with Gasteiger partial charge in [-0.25, -0.2) is 4.79 Å². The summed E-state index contributed by atoms with van der Waals surface area (Å²) in [6, 6.07) is 0. The van der Waals surface area contributed by atoms with Gasteiger partial charge in [-0.3, -0.25) is 0 Å². The summed E-state index contributed by atoms with van der Waals surface area (Å²) in [6.45, 7) is 7.44. The van der Waals surface area contributed by atoms with Gasteiger partial charge in [0.15, 0.2) is 0 Å². The van der Waals surface area contributed by atoms with E-state index in [0.717, 1.165) is 12.8 Å². The molecule has 14 heavy (non-hydrogen) atoms. The van der Waals surface area contributed by atoms with Crippen molar-refractivity contribution in [2.24, 2.45) is 0 Å². The molecule has 0 radical (unpaired) electrons. The molecule has 1 aliphatic rings. The van der Waals surface area contributed by atoms with E-state index >= 15 is 0 Å². The molecule has 1 N–H and O–H groups in total. The third-order valence-electron chi connectivity index (χ3n) is 2.48. The fourth-order valence-electron chi connectivity index (χ4n) is 1.48. The maximum Gasteiger partial charge on any atom is 0.331 e. The van der Waals surface area contributed by atoms with E-state index in [1.54, 1.807) is 6.26 Å². The van der Waals surface area contributed by atoms with Gasteiger partial charge in [-0.2, -0.15) is 0 Å². The van der Waals surface area contributed by atoms with Gasteiger partial charge in [-0.15, -0.1) is 0 Å². The molecule has 3 heteroatoms. The zero-order chi connectivity index (χ0) is 10.8. The van der Waals surface area contributed by atoms with Crippen LogP contribution >= 0.6 is 0 Å². The molecule has 0 bridgehead atoms. The summed E-state index contributed by atoms with van der Waals surface area (Å²) in [5.41, 5.74) is 1.01. The van der Waals surface area contributed by atoms with Crippen molar-refractivity contribution in [1.82, 2.24) is 0 Å². The van der Waals surface area contributed by atoms with E-state index in [1.807, 2.05) is 13.8 Å². The van der Waals surface area contributed by atoms with Crippen molar-refractivity contribution < 1.29 is 14.6 Å². The summed E-state index contributed by atoms with van der Waals surface area (Å²) in [4.78, 5) is 10.6. The summed E-state index contributed by atoms with van der Waals surface area (Å²) >= 11 is 0. The Hall–Kier alpha value is -1.25. The summed E-state index contributed by atoms with van der Waals surface area (Å²) in [5, 5.41) is 8.71. The van der Waals surface area contributed by atoms with Crippen LogP contribution in [0.3, 0.4) is 0 Å². The summed E-state index contributed by atoms with van der Waals surface area (Å²) < 4.78 is 5.51. The van der Waals surface area contributed by atoms with Crippen molar-refractivity contribution in [3.05, 3.63) is 24.0 Å². The molecule has 0 aromatic rings. The molecule has 0 spiro atoms. The molecule has 0 saturated carbocycles. The molecule has 0 amide bonds. The first-order chi connectivity index (χ1) is 6.43. The summed E-state index contributed by atoms with van der Waals surface area (Å²) in [7, 11) is 0. The first-order valence-corrected chi connectivity index (χ1v) is 4.67. The van der Waals surface area contributed by atoms with Gasteiger partial charge < -0.3 is 9.84 Å². The predicted octanol–water partition coefficient (Wildman–Crippen LogP) is 2.49. The Morgan fingerprint density at radius 2 is 2.43 bits per heavy atom. The van der Waals surface area contributed by atoms with Crippen LogP contribution in [-0.4, -0.2) is 16.7 Å². The number of allylic oxidation sites excluding steroid dienone is 1. The lowest BCUT2D eigenvalue weighted by Crippen LogP contribution is -2.31. The van der Waals surface area contributed by atoms with Crippen molar-refractivity contribution in [3.63, 3.8) is 0 Å². The van der Waals surface area contributed by atoms with E-state index in [2.05, 4.69) is 6.58 Å². The molecule has 0 aliphatic carbocycles. The van der Waals surface area contributed by atoms with Crippen LogP contribution < -0.4 is 0 Å². The Balaban J connectivity index is 2.60. The lowest BCUT2D eigenvalue weighted by Gasteiger charge is -2.32. The van der Waals surface area contributed by atoms with Crippen LogP contribution in [0.1, 0.15) is 33.1 Å². The minimum absolute atomic E-state index is 0.209. The topological polar surface area (TPSA) is 46.5 Å². The summed E-state index contributed by atoms with van der Waals surface area (Å²) in [5.74, 6) is -0.943. The number of hydrogen-bond acceptors (Lipinski definition) is 2. The highest BCUT2D eigenvalue weighted by atomic mass is 16.5. The van der Waals surface area contributed by atoms with Crippen LogP contribution in [0.25, 0.3) is 0 Å². The highest BCUT2D eigenvalue weighted by Gasteiger charge is 2.30. The largest absolute Gasteiger partial charge is 0.495 e. The predicted molar refractivity (Wildman–Crippen MR) is 53.9 cm³/mol. The van der Waals surface area contributed by atoms with Crippen molar-refractivity contribution in [3.8, 4) is 0 Å². The van der Waals surface area contributed by atoms with Gasteiger partial charge in [-0.05, 0) is 32.3 Å². The standard InChI is InChI=1S/C11H16O3/c1-8-4-5-11(3,14-7-8)6-9(2)10(12)13/h7H,2,4-6H2,1,3H3,(H,12,13). The number of carboxylic acids is 1. The third kappa shape index (κ3) is 2.62. The normalized spacial score (nSPS) is 26.3. The number of rotatable bonds is 3. The highest BCUT2D eigenvalue weighted by Crippen LogP contribution is 2.31. The zero-order valence-electron chi connectivity index (χ0n) is 8.67. The number of aliphatic carboxylic acids is 1. The van der Waals surface area contributed by atoms with Gasteiger partial charge in [0.1, 0.15) is 5.60 Å². The average molecular weight is 196 g/mol. The lowest BCUT2D eigenvalue weighted by atomic mass is 9.89. The van der Waals surface area contributed by atoms with Crippen LogP contribution in [0.4, 0.5) is 0 Å². The molecule has 0 saturated heterocycles. The molecule has 0 fully saturated rings. The Kier molecular flexibility index (Phi) is 2.99. The van der Waals surface area contributed by atoms with Crippen LogP contribution in [0.2, 0.25) is 0 Å². The Morgan fingerprint density at radius 1 is 1.79 bits per heavy atom. The lowest BCUT2D eigenvalue weighted by molar-refractivity contribution is -0.133. The summed E-state index contributed by atoms with van der Waals surface area (Å²) in [6.07, 6.45) is 3.91. The fraction of sp³-hybridized carbons (Fsp3) is 0.545. The smallest absolute Gasteiger partial charge is 0.331 e. The van der Waals surface area contributed by atoms with Crippen LogP contribution in [0, 0.1) is 0 Å². The number of carboxylic acid groups (broad SMARTS) is 1. The SMILES string of the molecule is C=C(CC1(C)CCC(C)=CO1)C(=O)O. The van der Waals surface area contributed by atoms with Crippen LogP contribution in [-0.2, 0) is 9.53 Å². The second kappa shape index (κ2) is 3.86. The zero-order valence-corrected chi connectivity index (χ0v) is 8.67. The first kappa shape index (κ1) is 10.8. The van der Waals surface area contributed by atoms with Crippen molar-refractivity contribution in [1.29, 1.82) is 0 Å². The maximum absolute atomic E-state index is 10.6. The van der Waals surface area contributed by atoms with E-state index in [4.69, 9.17) is 9.84 Å². The molecule has 1 aliphatic heterocycles. The van der Waals surface area contributed by atoms with Gasteiger partial charge in [0.25, 0.3) is 0 Å². The van der Waals surface area contributed by atoms with E-state index in [0.29, 0.717) is 6.42 Å².